The van der Waals surface area contributed by atoms with Crippen LogP contribution in [0.25, 0.3) is 0 Å². The summed E-state index contributed by atoms with van der Waals surface area (Å²) in [6.07, 6.45) is -0.748. The van der Waals surface area contributed by atoms with Crippen molar-refractivity contribution in [3.05, 3.63) is 54.1 Å². The van der Waals surface area contributed by atoms with Gasteiger partial charge in [-0.2, -0.15) is 0 Å². The summed E-state index contributed by atoms with van der Waals surface area (Å²) in [6, 6.07) is 14.2. The molecule has 0 radical (unpaired) electrons. The second-order valence-corrected chi connectivity index (χ2v) is 4.65. The lowest BCUT2D eigenvalue weighted by Gasteiger charge is -2.17. The van der Waals surface area contributed by atoms with Crippen LogP contribution < -0.4 is 14.2 Å². The summed E-state index contributed by atoms with van der Waals surface area (Å²) < 4.78 is 15.9. The van der Waals surface area contributed by atoms with Crippen molar-refractivity contribution < 1.29 is 24.1 Å². The van der Waals surface area contributed by atoms with Gasteiger partial charge in [-0.1, -0.05) is 24.3 Å². The Bertz CT molecular complexity index is 621. The summed E-state index contributed by atoms with van der Waals surface area (Å²) in [7, 11) is 3.10. The Morgan fingerprint density at radius 2 is 1.64 bits per heavy atom. The van der Waals surface area contributed by atoms with E-state index in [0.29, 0.717) is 11.5 Å². The van der Waals surface area contributed by atoms with Crippen LogP contribution in [0.15, 0.2) is 48.5 Å². The first-order valence-corrected chi connectivity index (χ1v) is 6.79. The minimum Gasteiger partial charge on any atom is -0.497 e. The topological polar surface area (TPSA) is 65.0 Å². The molecule has 0 amide bonds. The van der Waals surface area contributed by atoms with E-state index in [-0.39, 0.29) is 6.42 Å². The highest BCUT2D eigenvalue weighted by Gasteiger charge is 2.21. The van der Waals surface area contributed by atoms with Gasteiger partial charge in [-0.3, -0.25) is 0 Å². The summed E-state index contributed by atoms with van der Waals surface area (Å²) in [5.74, 6) is 0.609. The molecule has 2 rings (SSSR count). The van der Waals surface area contributed by atoms with Crippen molar-refractivity contribution in [2.45, 2.75) is 12.5 Å². The number of para-hydroxylation sites is 2. The predicted octanol–water partition coefficient (Wildman–Crippen LogP) is 2.78. The van der Waals surface area contributed by atoms with E-state index < -0.39 is 12.1 Å². The fourth-order valence-electron chi connectivity index (χ4n) is 2.02. The maximum atomic E-state index is 11.4. The minimum absolute atomic E-state index is 0.247. The fraction of sp³-hybridized carbons (Fsp3) is 0.235. The fourth-order valence-corrected chi connectivity index (χ4v) is 2.02. The van der Waals surface area contributed by atoms with Crippen molar-refractivity contribution >= 4 is 5.97 Å². The molecular weight excluding hydrogens is 284 g/mol. The number of benzene rings is 2. The second-order valence-electron chi connectivity index (χ2n) is 4.65. The lowest BCUT2D eigenvalue weighted by Crippen LogP contribution is -2.29. The average Bonchev–Trinajstić information content (AvgIpc) is 2.55. The van der Waals surface area contributed by atoms with Crippen molar-refractivity contribution in [1.29, 1.82) is 0 Å². The molecule has 0 saturated heterocycles. The molecule has 0 spiro atoms. The van der Waals surface area contributed by atoms with Crippen molar-refractivity contribution in [2.24, 2.45) is 0 Å². The Morgan fingerprint density at radius 3 is 2.18 bits per heavy atom. The van der Waals surface area contributed by atoms with Gasteiger partial charge in [0.15, 0.2) is 17.6 Å². The number of ether oxygens (including phenoxy) is 3. The third-order valence-corrected chi connectivity index (χ3v) is 3.19. The zero-order valence-corrected chi connectivity index (χ0v) is 12.5. The van der Waals surface area contributed by atoms with E-state index in [0.717, 1.165) is 11.3 Å². The van der Waals surface area contributed by atoms with Crippen LogP contribution in [0.4, 0.5) is 0 Å². The van der Waals surface area contributed by atoms with Crippen LogP contribution in [0.5, 0.6) is 17.2 Å². The number of carboxylic acids is 1. The number of rotatable bonds is 7. The van der Waals surface area contributed by atoms with E-state index in [1.54, 1.807) is 43.5 Å². The van der Waals surface area contributed by atoms with Crippen molar-refractivity contribution in [2.75, 3.05) is 14.2 Å². The van der Waals surface area contributed by atoms with Crippen LogP contribution in [-0.2, 0) is 11.2 Å². The van der Waals surface area contributed by atoms with Gasteiger partial charge < -0.3 is 19.3 Å². The van der Waals surface area contributed by atoms with Crippen LogP contribution in [0.2, 0.25) is 0 Å². The highest BCUT2D eigenvalue weighted by molar-refractivity contribution is 5.73. The molecule has 116 valence electrons. The summed E-state index contributed by atoms with van der Waals surface area (Å²) in [5.41, 5.74) is 0.850. The van der Waals surface area contributed by atoms with Crippen LogP contribution in [0, 0.1) is 0 Å². The zero-order valence-electron chi connectivity index (χ0n) is 12.5. The van der Waals surface area contributed by atoms with Gasteiger partial charge in [0.1, 0.15) is 5.75 Å². The number of hydrogen-bond donors (Lipinski definition) is 1. The molecule has 0 aliphatic heterocycles. The summed E-state index contributed by atoms with van der Waals surface area (Å²) in [4.78, 5) is 11.4. The number of methoxy groups -OCH3 is 2. The van der Waals surface area contributed by atoms with E-state index in [9.17, 15) is 9.90 Å². The van der Waals surface area contributed by atoms with Crippen LogP contribution in [0.1, 0.15) is 5.56 Å². The third kappa shape index (κ3) is 3.91. The molecule has 5 nitrogen and oxygen atoms in total. The molecule has 1 atom stereocenters. The Morgan fingerprint density at radius 1 is 1.00 bits per heavy atom. The van der Waals surface area contributed by atoms with Crippen molar-refractivity contribution in [3.63, 3.8) is 0 Å². The first kappa shape index (κ1) is 15.7. The minimum atomic E-state index is -1.03. The highest BCUT2D eigenvalue weighted by Crippen LogP contribution is 2.27. The summed E-state index contributed by atoms with van der Waals surface area (Å²) in [6.45, 7) is 0. The lowest BCUT2D eigenvalue weighted by atomic mass is 10.1. The maximum Gasteiger partial charge on any atom is 0.345 e. The third-order valence-electron chi connectivity index (χ3n) is 3.19. The van der Waals surface area contributed by atoms with Crippen molar-refractivity contribution in [3.8, 4) is 17.2 Å². The van der Waals surface area contributed by atoms with Gasteiger partial charge in [-0.15, -0.1) is 0 Å². The SMILES string of the molecule is COc1ccc(C[C@H](Oc2ccccc2OC)C(=O)O)cc1. The predicted molar refractivity (Wildman–Crippen MR) is 81.7 cm³/mol. The molecule has 0 aliphatic carbocycles. The Balaban J connectivity index is 2.14. The molecule has 22 heavy (non-hydrogen) atoms. The Kier molecular flexibility index (Phi) is 5.25. The molecule has 0 saturated carbocycles. The van der Waals surface area contributed by atoms with E-state index in [1.165, 1.54) is 7.11 Å². The molecule has 0 bridgehead atoms. The Hall–Kier alpha value is -2.69. The largest absolute Gasteiger partial charge is 0.497 e. The number of carbonyl (C=O) groups is 1. The molecule has 0 aromatic heterocycles. The zero-order chi connectivity index (χ0) is 15.9. The van der Waals surface area contributed by atoms with E-state index in [2.05, 4.69) is 0 Å². The monoisotopic (exact) mass is 302 g/mol. The Labute approximate surface area is 129 Å². The molecule has 2 aromatic carbocycles. The summed E-state index contributed by atoms with van der Waals surface area (Å²) in [5, 5.41) is 9.37. The number of hydrogen-bond acceptors (Lipinski definition) is 4. The molecule has 2 aromatic rings. The van der Waals surface area contributed by atoms with E-state index in [4.69, 9.17) is 14.2 Å². The van der Waals surface area contributed by atoms with Crippen LogP contribution >= 0.6 is 0 Å². The van der Waals surface area contributed by atoms with Crippen molar-refractivity contribution in [1.82, 2.24) is 0 Å². The van der Waals surface area contributed by atoms with E-state index >= 15 is 0 Å². The number of carboxylic acid groups (broad SMARTS) is 1. The molecule has 0 fully saturated rings. The second kappa shape index (κ2) is 7.36. The quantitative estimate of drug-likeness (QED) is 0.852. The lowest BCUT2D eigenvalue weighted by molar-refractivity contribution is -0.145. The van der Waals surface area contributed by atoms with Gasteiger partial charge in [0, 0.05) is 6.42 Å². The normalized spacial score (nSPS) is 11.5. The van der Waals surface area contributed by atoms with Gasteiger partial charge in [0.05, 0.1) is 14.2 Å². The molecule has 5 heteroatoms. The van der Waals surface area contributed by atoms with Gasteiger partial charge in [-0.05, 0) is 29.8 Å². The first-order chi connectivity index (χ1) is 10.6. The van der Waals surface area contributed by atoms with Gasteiger partial charge in [0.2, 0.25) is 0 Å². The maximum absolute atomic E-state index is 11.4. The molecule has 0 aliphatic rings. The first-order valence-electron chi connectivity index (χ1n) is 6.79. The standard InChI is InChI=1S/C17H18O5/c1-20-13-9-7-12(8-10-13)11-16(17(18)19)22-15-6-4-3-5-14(15)21-2/h3-10,16H,11H2,1-2H3,(H,18,19)/t16-/m0/s1. The smallest absolute Gasteiger partial charge is 0.345 e. The van der Waals surface area contributed by atoms with Gasteiger partial charge in [-0.25, -0.2) is 4.79 Å². The van der Waals surface area contributed by atoms with Crippen LogP contribution in [-0.4, -0.2) is 31.4 Å². The van der Waals surface area contributed by atoms with Gasteiger partial charge in [0.25, 0.3) is 0 Å². The number of aliphatic carboxylic acids is 1. The highest BCUT2D eigenvalue weighted by atomic mass is 16.5. The molecule has 0 unspecified atom stereocenters. The van der Waals surface area contributed by atoms with Gasteiger partial charge >= 0.3 is 5.97 Å². The van der Waals surface area contributed by atoms with E-state index in [1.807, 2.05) is 12.1 Å². The average molecular weight is 302 g/mol. The molecular formula is C17H18O5. The van der Waals surface area contributed by atoms with Crippen LogP contribution in [0.3, 0.4) is 0 Å². The molecule has 1 N–H and O–H groups in total. The molecule has 0 heterocycles. The summed E-state index contributed by atoms with van der Waals surface area (Å²) >= 11 is 0.